The van der Waals surface area contributed by atoms with Gasteiger partial charge in [0.05, 0.1) is 6.10 Å². The molecule has 0 aliphatic rings. The van der Waals surface area contributed by atoms with Crippen molar-refractivity contribution in [1.82, 2.24) is 0 Å². The molecule has 2 N–H and O–H groups in total. The molecular formula is C14H13BrClNO. The van der Waals surface area contributed by atoms with Crippen LogP contribution >= 0.6 is 27.5 Å². The van der Waals surface area contributed by atoms with Crippen LogP contribution in [0.25, 0.3) is 0 Å². The predicted molar refractivity (Wildman–Crippen MR) is 79.0 cm³/mol. The van der Waals surface area contributed by atoms with Gasteiger partial charge >= 0.3 is 0 Å². The van der Waals surface area contributed by atoms with E-state index in [2.05, 4.69) is 21.2 Å². The Balaban J connectivity index is 1.96. The molecule has 2 aromatic rings. The summed E-state index contributed by atoms with van der Waals surface area (Å²) in [6, 6.07) is 15.0. The molecule has 0 spiro atoms. The molecule has 94 valence electrons. The highest BCUT2D eigenvalue weighted by atomic mass is 79.9. The molecule has 4 heteroatoms. The van der Waals surface area contributed by atoms with E-state index in [1.165, 1.54) is 0 Å². The van der Waals surface area contributed by atoms with Crippen molar-refractivity contribution in [2.45, 2.75) is 6.10 Å². The molecule has 2 rings (SSSR count). The third-order valence-corrected chi connectivity index (χ3v) is 3.32. The molecule has 0 aliphatic heterocycles. The zero-order chi connectivity index (χ0) is 13.0. The van der Waals surface area contributed by atoms with Gasteiger partial charge in [0, 0.05) is 21.7 Å². The number of benzene rings is 2. The van der Waals surface area contributed by atoms with Crippen molar-refractivity contribution in [3.05, 3.63) is 63.6 Å². The molecule has 0 bridgehead atoms. The van der Waals surface area contributed by atoms with Crippen molar-refractivity contribution < 1.29 is 5.11 Å². The average molecular weight is 327 g/mol. The largest absolute Gasteiger partial charge is 0.387 e. The Labute approximate surface area is 120 Å². The van der Waals surface area contributed by atoms with Gasteiger partial charge in [-0.05, 0) is 35.9 Å². The summed E-state index contributed by atoms with van der Waals surface area (Å²) in [6.45, 7) is 0.456. The fraction of sp³-hybridized carbons (Fsp3) is 0.143. The average Bonchev–Trinajstić information content (AvgIpc) is 2.37. The van der Waals surface area contributed by atoms with Crippen LogP contribution in [0.5, 0.6) is 0 Å². The number of hydrogen-bond acceptors (Lipinski definition) is 2. The number of hydrogen-bond donors (Lipinski definition) is 2. The summed E-state index contributed by atoms with van der Waals surface area (Å²) in [7, 11) is 0. The fourth-order valence-electron chi connectivity index (χ4n) is 1.62. The first-order chi connectivity index (χ1) is 8.65. The molecule has 0 fully saturated rings. The Bertz CT molecular complexity index is 515. The zero-order valence-corrected chi connectivity index (χ0v) is 11.9. The van der Waals surface area contributed by atoms with Gasteiger partial charge in [-0.15, -0.1) is 0 Å². The summed E-state index contributed by atoms with van der Waals surface area (Å²) >= 11 is 9.21. The monoisotopic (exact) mass is 325 g/mol. The molecule has 0 aliphatic carbocycles. The minimum Gasteiger partial charge on any atom is -0.387 e. The second-order valence-electron chi connectivity index (χ2n) is 3.96. The van der Waals surface area contributed by atoms with Gasteiger partial charge in [0.25, 0.3) is 0 Å². The van der Waals surface area contributed by atoms with Crippen LogP contribution in [0, 0.1) is 0 Å². The third kappa shape index (κ3) is 3.73. The van der Waals surface area contributed by atoms with Crippen molar-refractivity contribution in [1.29, 1.82) is 0 Å². The third-order valence-electron chi connectivity index (χ3n) is 2.58. The highest BCUT2D eigenvalue weighted by Gasteiger charge is 2.06. The zero-order valence-electron chi connectivity index (χ0n) is 9.61. The molecule has 1 unspecified atom stereocenters. The molecule has 0 aromatic heterocycles. The van der Waals surface area contributed by atoms with Crippen LogP contribution in [0.3, 0.4) is 0 Å². The number of aliphatic hydroxyl groups excluding tert-OH is 1. The topological polar surface area (TPSA) is 32.3 Å². The Morgan fingerprint density at radius 1 is 1.17 bits per heavy atom. The lowest BCUT2D eigenvalue weighted by atomic mass is 10.1. The van der Waals surface area contributed by atoms with E-state index in [-0.39, 0.29) is 0 Å². The van der Waals surface area contributed by atoms with E-state index in [1.807, 2.05) is 36.4 Å². The number of anilines is 1. The molecule has 1 atom stereocenters. The van der Waals surface area contributed by atoms with Gasteiger partial charge in [-0.2, -0.15) is 0 Å². The number of nitrogens with one attached hydrogen (secondary N) is 1. The number of halogens is 2. The van der Waals surface area contributed by atoms with Gasteiger partial charge in [0.1, 0.15) is 0 Å². The van der Waals surface area contributed by atoms with Crippen molar-refractivity contribution in [2.75, 3.05) is 11.9 Å². The van der Waals surface area contributed by atoms with Crippen molar-refractivity contribution in [2.24, 2.45) is 0 Å². The molecule has 2 aromatic carbocycles. The highest BCUT2D eigenvalue weighted by Crippen LogP contribution is 2.19. The van der Waals surface area contributed by atoms with E-state index in [9.17, 15) is 5.11 Å². The quantitative estimate of drug-likeness (QED) is 0.880. The van der Waals surface area contributed by atoms with Crippen molar-refractivity contribution in [3.8, 4) is 0 Å². The first-order valence-corrected chi connectivity index (χ1v) is 6.75. The van der Waals surface area contributed by atoms with E-state index in [1.54, 1.807) is 12.1 Å². The van der Waals surface area contributed by atoms with Crippen molar-refractivity contribution >= 4 is 33.2 Å². The molecule has 18 heavy (non-hydrogen) atoms. The summed E-state index contributed by atoms with van der Waals surface area (Å²) < 4.78 is 1.01. The summed E-state index contributed by atoms with van der Waals surface area (Å²) in [5.74, 6) is 0. The maximum Gasteiger partial charge on any atom is 0.0962 e. The van der Waals surface area contributed by atoms with Crippen LogP contribution in [-0.4, -0.2) is 11.7 Å². The predicted octanol–water partition coefficient (Wildman–Crippen LogP) is 4.25. The van der Waals surface area contributed by atoms with Crippen molar-refractivity contribution in [3.63, 3.8) is 0 Å². The Morgan fingerprint density at radius 2 is 1.89 bits per heavy atom. The summed E-state index contributed by atoms with van der Waals surface area (Å²) in [6.07, 6.45) is -0.554. The summed E-state index contributed by atoms with van der Waals surface area (Å²) in [5, 5.41) is 13.9. The first-order valence-electron chi connectivity index (χ1n) is 5.58. The molecule has 0 saturated heterocycles. The maximum absolute atomic E-state index is 10.0. The van der Waals surface area contributed by atoms with Gasteiger partial charge in [0.2, 0.25) is 0 Å². The number of aliphatic hydroxyl groups is 1. The second-order valence-corrected chi connectivity index (χ2v) is 5.31. The second kappa shape index (κ2) is 6.23. The molecule has 0 saturated carbocycles. The minimum absolute atomic E-state index is 0.456. The maximum atomic E-state index is 10.0. The van der Waals surface area contributed by atoms with Crippen LogP contribution in [0.4, 0.5) is 5.69 Å². The normalized spacial score (nSPS) is 12.2. The molecule has 0 heterocycles. The van der Waals surface area contributed by atoms with Gasteiger partial charge in [-0.3, -0.25) is 0 Å². The smallest absolute Gasteiger partial charge is 0.0962 e. The molecule has 0 amide bonds. The lowest BCUT2D eigenvalue weighted by Gasteiger charge is -2.13. The highest BCUT2D eigenvalue weighted by molar-refractivity contribution is 9.10. The fourth-order valence-corrected chi connectivity index (χ4v) is 2.14. The van der Waals surface area contributed by atoms with Crippen LogP contribution in [0.15, 0.2) is 53.0 Å². The molecular weight excluding hydrogens is 314 g/mol. The van der Waals surface area contributed by atoms with Crippen LogP contribution in [0.2, 0.25) is 5.02 Å². The Kier molecular flexibility index (Phi) is 4.64. The Morgan fingerprint density at radius 3 is 2.56 bits per heavy atom. The number of rotatable bonds is 4. The van der Waals surface area contributed by atoms with E-state index >= 15 is 0 Å². The van der Waals surface area contributed by atoms with Gasteiger partial charge in [-0.1, -0.05) is 45.7 Å². The lowest BCUT2D eigenvalue weighted by Crippen LogP contribution is -2.11. The lowest BCUT2D eigenvalue weighted by molar-refractivity contribution is 0.191. The standard InChI is InChI=1S/C14H13BrClNO/c15-11-2-1-3-13(8-11)17-9-14(18)10-4-6-12(16)7-5-10/h1-8,14,17-18H,9H2. The summed E-state index contributed by atoms with van der Waals surface area (Å²) in [5.41, 5.74) is 1.82. The van der Waals surface area contributed by atoms with E-state index in [0.717, 1.165) is 15.7 Å². The van der Waals surface area contributed by atoms with Crippen LogP contribution in [0.1, 0.15) is 11.7 Å². The van der Waals surface area contributed by atoms with Crippen LogP contribution < -0.4 is 5.32 Å². The Hall–Kier alpha value is -1.03. The van der Waals surface area contributed by atoms with Gasteiger partial charge < -0.3 is 10.4 Å². The van der Waals surface area contributed by atoms with Gasteiger partial charge in [0.15, 0.2) is 0 Å². The molecule has 2 nitrogen and oxygen atoms in total. The van der Waals surface area contributed by atoms with E-state index in [4.69, 9.17) is 11.6 Å². The van der Waals surface area contributed by atoms with Crippen LogP contribution in [-0.2, 0) is 0 Å². The van der Waals surface area contributed by atoms with E-state index < -0.39 is 6.10 Å². The first kappa shape index (κ1) is 13.4. The molecule has 0 radical (unpaired) electrons. The SMILES string of the molecule is OC(CNc1cccc(Br)c1)c1ccc(Cl)cc1. The van der Waals surface area contributed by atoms with Gasteiger partial charge in [-0.25, -0.2) is 0 Å². The minimum atomic E-state index is -0.554. The van der Waals surface area contributed by atoms with E-state index in [0.29, 0.717) is 11.6 Å². The summed E-state index contributed by atoms with van der Waals surface area (Å²) in [4.78, 5) is 0.